The van der Waals surface area contributed by atoms with E-state index in [1.54, 1.807) is 6.33 Å². The van der Waals surface area contributed by atoms with Crippen molar-refractivity contribution in [2.45, 2.75) is 38.5 Å². The molecule has 0 radical (unpaired) electrons. The molecule has 1 aromatic heterocycles. The number of nitrogens with zero attached hydrogens (tertiary/aromatic N) is 3. The Morgan fingerprint density at radius 2 is 1.92 bits per heavy atom. The Hall–Kier alpha value is -2.18. The number of hydrogen-bond acceptors (Lipinski definition) is 6. The molecule has 2 N–H and O–H groups in total. The lowest BCUT2D eigenvalue weighted by molar-refractivity contribution is -0.128. The molecule has 24 heavy (non-hydrogen) atoms. The molecule has 2 aliphatic rings. The second-order valence-corrected chi connectivity index (χ2v) is 6.49. The van der Waals surface area contributed by atoms with Gasteiger partial charge in [0.1, 0.15) is 23.7 Å². The molecule has 0 unspecified atom stereocenters. The third-order valence-corrected chi connectivity index (χ3v) is 4.73. The van der Waals surface area contributed by atoms with Crippen molar-refractivity contribution in [3.8, 4) is 0 Å². The van der Waals surface area contributed by atoms with Crippen LogP contribution in [0, 0.1) is 5.92 Å². The van der Waals surface area contributed by atoms with Crippen LogP contribution in [-0.4, -0.2) is 47.8 Å². The Labute approximate surface area is 142 Å². The second-order valence-electron chi connectivity index (χ2n) is 6.49. The van der Waals surface area contributed by atoms with E-state index in [4.69, 9.17) is 0 Å². The molecule has 1 aromatic rings. The Morgan fingerprint density at radius 3 is 2.67 bits per heavy atom. The van der Waals surface area contributed by atoms with Gasteiger partial charge in [0.2, 0.25) is 5.91 Å². The maximum Gasteiger partial charge on any atom is 0.223 e. The largest absolute Gasteiger partial charge is 0.368 e. The number of amides is 1. The first-order valence-electron chi connectivity index (χ1n) is 8.82. The van der Waals surface area contributed by atoms with Crippen LogP contribution in [0.15, 0.2) is 12.4 Å². The highest BCUT2D eigenvalue weighted by Crippen LogP contribution is 2.21. The van der Waals surface area contributed by atoms with Crippen molar-refractivity contribution >= 4 is 23.3 Å². The van der Waals surface area contributed by atoms with Crippen LogP contribution in [0.5, 0.6) is 0 Å². The van der Waals surface area contributed by atoms with Crippen LogP contribution in [0.2, 0.25) is 0 Å². The van der Waals surface area contributed by atoms with Gasteiger partial charge in [-0.1, -0.05) is 0 Å². The third kappa shape index (κ3) is 4.43. The zero-order valence-corrected chi connectivity index (χ0v) is 14.0. The quantitative estimate of drug-likeness (QED) is 0.766. The van der Waals surface area contributed by atoms with E-state index in [0.29, 0.717) is 38.8 Å². The molecule has 0 aromatic carbocycles. The molecule has 1 saturated carbocycles. The Bertz CT molecular complexity index is 576. The maximum absolute atomic E-state index is 12.1. The first kappa shape index (κ1) is 16.7. The predicted octanol–water partition coefficient (Wildman–Crippen LogP) is 1.36. The van der Waals surface area contributed by atoms with Gasteiger partial charge in [-0.3, -0.25) is 9.59 Å². The smallest absolute Gasteiger partial charge is 0.223 e. The minimum absolute atomic E-state index is 0.0106. The van der Waals surface area contributed by atoms with E-state index >= 15 is 0 Å². The maximum atomic E-state index is 12.1. The van der Waals surface area contributed by atoms with Gasteiger partial charge in [0.05, 0.1) is 0 Å². The van der Waals surface area contributed by atoms with E-state index in [1.165, 1.54) is 12.8 Å². The van der Waals surface area contributed by atoms with Gasteiger partial charge in [-0.05, 0) is 25.7 Å². The topological polar surface area (TPSA) is 87.2 Å². The van der Waals surface area contributed by atoms with Crippen molar-refractivity contribution in [1.29, 1.82) is 0 Å². The highest BCUT2D eigenvalue weighted by molar-refractivity contribution is 5.84. The van der Waals surface area contributed by atoms with Crippen LogP contribution in [0.4, 0.5) is 11.6 Å². The summed E-state index contributed by atoms with van der Waals surface area (Å²) in [5.74, 6) is 2.07. The Morgan fingerprint density at radius 1 is 1.17 bits per heavy atom. The standard InChI is InChI=1S/C17H25N5O2/c23-14-5-3-13(4-6-14)17(24)19-8-7-18-15-11-16(21-12-20-15)22-9-1-2-10-22/h11-13H,1-10H2,(H,19,24)(H,18,20,21). The van der Waals surface area contributed by atoms with E-state index < -0.39 is 0 Å². The summed E-state index contributed by atoms with van der Waals surface area (Å²) in [5.41, 5.74) is 0. The number of Topliss-reactive ketones (excluding diaryl/α,β-unsaturated/α-hetero) is 1. The van der Waals surface area contributed by atoms with E-state index in [1.807, 2.05) is 6.07 Å². The van der Waals surface area contributed by atoms with Gasteiger partial charge in [0, 0.05) is 51.0 Å². The van der Waals surface area contributed by atoms with Crippen molar-refractivity contribution in [3.63, 3.8) is 0 Å². The van der Waals surface area contributed by atoms with Gasteiger partial charge in [0.25, 0.3) is 0 Å². The lowest BCUT2D eigenvalue weighted by Crippen LogP contribution is -2.36. The summed E-state index contributed by atoms with van der Waals surface area (Å²) >= 11 is 0. The molecule has 0 spiro atoms. The number of anilines is 2. The summed E-state index contributed by atoms with van der Waals surface area (Å²) in [4.78, 5) is 34.1. The van der Waals surface area contributed by atoms with Crippen LogP contribution in [0.1, 0.15) is 38.5 Å². The molecule has 0 bridgehead atoms. The van der Waals surface area contributed by atoms with Crippen LogP contribution < -0.4 is 15.5 Å². The fourth-order valence-electron chi connectivity index (χ4n) is 3.29. The van der Waals surface area contributed by atoms with Crippen LogP contribution in [0.25, 0.3) is 0 Å². The van der Waals surface area contributed by atoms with E-state index in [0.717, 1.165) is 24.7 Å². The van der Waals surface area contributed by atoms with Crippen molar-refractivity contribution in [2.24, 2.45) is 5.92 Å². The lowest BCUT2D eigenvalue weighted by atomic mass is 9.88. The SMILES string of the molecule is O=C1CCC(C(=O)NCCNc2cc(N3CCCC3)ncn2)CC1. The second kappa shape index (κ2) is 8.08. The zero-order chi connectivity index (χ0) is 16.8. The summed E-state index contributed by atoms with van der Waals surface area (Å²) in [6.07, 6.45) is 6.45. The number of ketones is 1. The van der Waals surface area contributed by atoms with Gasteiger partial charge < -0.3 is 15.5 Å². The summed E-state index contributed by atoms with van der Waals surface area (Å²) < 4.78 is 0. The van der Waals surface area contributed by atoms with Crippen molar-refractivity contribution in [2.75, 3.05) is 36.4 Å². The normalized spacial score (nSPS) is 18.7. The number of rotatable bonds is 6. The van der Waals surface area contributed by atoms with E-state index in [-0.39, 0.29) is 17.6 Å². The molecule has 0 atom stereocenters. The number of hydrogen-bond donors (Lipinski definition) is 2. The van der Waals surface area contributed by atoms with Crippen LogP contribution in [0.3, 0.4) is 0 Å². The third-order valence-electron chi connectivity index (χ3n) is 4.73. The highest BCUT2D eigenvalue weighted by Gasteiger charge is 2.24. The summed E-state index contributed by atoms with van der Waals surface area (Å²) in [7, 11) is 0. The van der Waals surface area contributed by atoms with Gasteiger partial charge in [-0.25, -0.2) is 9.97 Å². The van der Waals surface area contributed by atoms with E-state index in [2.05, 4.69) is 25.5 Å². The first-order chi connectivity index (χ1) is 11.7. The average Bonchev–Trinajstić information content (AvgIpc) is 3.14. The molecule has 7 heteroatoms. The Kier molecular flexibility index (Phi) is 5.61. The minimum atomic E-state index is -0.0106. The predicted molar refractivity (Wildman–Crippen MR) is 91.9 cm³/mol. The molecule has 130 valence electrons. The fraction of sp³-hybridized carbons (Fsp3) is 0.647. The number of aromatic nitrogens is 2. The highest BCUT2D eigenvalue weighted by atomic mass is 16.2. The first-order valence-corrected chi connectivity index (χ1v) is 8.82. The molecule has 2 fully saturated rings. The van der Waals surface area contributed by atoms with Gasteiger partial charge in [0.15, 0.2) is 0 Å². The fourth-order valence-corrected chi connectivity index (χ4v) is 3.29. The lowest BCUT2D eigenvalue weighted by Gasteiger charge is -2.20. The molecule has 2 heterocycles. The van der Waals surface area contributed by atoms with Crippen LogP contribution >= 0.6 is 0 Å². The Balaban J connectivity index is 1.39. The number of nitrogens with one attached hydrogen (secondary N) is 2. The summed E-state index contributed by atoms with van der Waals surface area (Å²) in [6, 6.07) is 1.96. The van der Waals surface area contributed by atoms with E-state index in [9.17, 15) is 9.59 Å². The molecular formula is C17H25N5O2. The average molecular weight is 331 g/mol. The molecule has 1 aliphatic heterocycles. The van der Waals surface area contributed by atoms with Crippen molar-refractivity contribution in [3.05, 3.63) is 12.4 Å². The molecule has 1 amide bonds. The zero-order valence-electron chi connectivity index (χ0n) is 14.0. The molecular weight excluding hydrogens is 306 g/mol. The number of carbonyl (C=O) groups is 2. The number of carbonyl (C=O) groups excluding carboxylic acids is 2. The molecule has 7 nitrogen and oxygen atoms in total. The summed E-state index contributed by atoms with van der Waals surface area (Å²) in [5, 5.41) is 6.17. The summed E-state index contributed by atoms with van der Waals surface area (Å²) in [6.45, 7) is 3.27. The molecule has 1 aliphatic carbocycles. The van der Waals surface area contributed by atoms with Crippen molar-refractivity contribution in [1.82, 2.24) is 15.3 Å². The minimum Gasteiger partial charge on any atom is -0.368 e. The van der Waals surface area contributed by atoms with Gasteiger partial charge >= 0.3 is 0 Å². The molecule has 1 saturated heterocycles. The monoisotopic (exact) mass is 331 g/mol. The van der Waals surface area contributed by atoms with Crippen LogP contribution in [-0.2, 0) is 9.59 Å². The van der Waals surface area contributed by atoms with Crippen molar-refractivity contribution < 1.29 is 9.59 Å². The van der Waals surface area contributed by atoms with Gasteiger partial charge in [-0.15, -0.1) is 0 Å². The van der Waals surface area contributed by atoms with Gasteiger partial charge in [-0.2, -0.15) is 0 Å². The molecule has 3 rings (SSSR count).